The molecule has 3 heteroatoms. The van der Waals surface area contributed by atoms with Crippen molar-refractivity contribution in [2.24, 2.45) is 0 Å². The van der Waals surface area contributed by atoms with Crippen LogP contribution in [0, 0.1) is 0 Å². The summed E-state index contributed by atoms with van der Waals surface area (Å²) in [5, 5.41) is 0. The predicted octanol–water partition coefficient (Wildman–Crippen LogP) is 3.25. The molecule has 0 spiro atoms. The zero-order chi connectivity index (χ0) is 12.8. The molecule has 1 saturated heterocycles. The summed E-state index contributed by atoms with van der Waals surface area (Å²) in [6, 6.07) is 0. The Bertz CT molecular complexity index is 314. The molecule has 0 aromatic carbocycles. The number of carbonyl (C=O) groups is 1. The SMILES string of the molecule is CCOC(=O)C1=C(N2CCCCCC2)CCCC1. The summed E-state index contributed by atoms with van der Waals surface area (Å²) in [5.41, 5.74) is 2.26. The van der Waals surface area contributed by atoms with E-state index in [1.54, 1.807) is 0 Å². The van der Waals surface area contributed by atoms with Crippen LogP contribution in [0.5, 0.6) is 0 Å². The lowest BCUT2D eigenvalue weighted by molar-refractivity contribution is -0.139. The first kappa shape index (κ1) is 13.4. The van der Waals surface area contributed by atoms with E-state index < -0.39 is 0 Å². The molecule has 2 rings (SSSR count). The summed E-state index contributed by atoms with van der Waals surface area (Å²) in [6.07, 6.45) is 9.51. The second kappa shape index (κ2) is 6.81. The van der Waals surface area contributed by atoms with E-state index in [0.717, 1.165) is 37.9 Å². The highest BCUT2D eigenvalue weighted by molar-refractivity contribution is 5.89. The lowest BCUT2D eigenvalue weighted by atomic mass is 9.95. The van der Waals surface area contributed by atoms with Gasteiger partial charge in [0.1, 0.15) is 0 Å². The maximum absolute atomic E-state index is 12.0. The number of ether oxygens (including phenoxy) is 1. The average molecular weight is 251 g/mol. The topological polar surface area (TPSA) is 29.5 Å². The number of nitrogens with zero attached hydrogens (tertiary/aromatic N) is 1. The summed E-state index contributed by atoms with van der Waals surface area (Å²) >= 11 is 0. The Morgan fingerprint density at radius 1 is 1.06 bits per heavy atom. The summed E-state index contributed by atoms with van der Waals surface area (Å²) in [4.78, 5) is 14.5. The van der Waals surface area contributed by atoms with Gasteiger partial charge in [0.25, 0.3) is 0 Å². The minimum atomic E-state index is -0.0727. The number of carbonyl (C=O) groups excluding carboxylic acids is 1. The highest BCUT2D eigenvalue weighted by atomic mass is 16.5. The Kier molecular flexibility index (Phi) is 5.09. The van der Waals surface area contributed by atoms with Gasteiger partial charge in [0, 0.05) is 18.8 Å². The Labute approximate surface area is 110 Å². The molecule has 2 aliphatic rings. The van der Waals surface area contributed by atoms with Gasteiger partial charge in [0.05, 0.1) is 12.2 Å². The summed E-state index contributed by atoms with van der Waals surface area (Å²) in [6.45, 7) is 4.61. The van der Waals surface area contributed by atoms with Crippen LogP contribution in [0.4, 0.5) is 0 Å². The van der Waals surface area contributed by atoms with Gasteiger partial charge in [-0.3, -0.25) is 0 Å². The molecule has 0 radical (unpaired) electrons. The maximum atomic E-state index is 12.0. The molecular formula is C15H25NO2. The fourth-order valence-corrected chi connectivity index (χ4v) is 3.02. The molecule has 0 N–H and O–H groups in total. The number of hydrogen-bond donors (Lipinski definition) is 0. The molecule has 0 unspecified atom stereocenters. The second-order valence-electron chi connectivity index (χ2n) is 5.25. The first-order chi connectivity index (χ1) is 8.83. The Hall–Kier alpha value is -0.990. The largest absolute Gasteiger partial charge is 0.463 e. The number of rotatable bonds is 3. The van der Waals surface area contributed by atoms with Crippen molar-refractivity contribution in [2.75, 3.05) is 19.7 Å². The van der Waals surface area contributed by atoms with Crippen LogP contribution in [0.3, 0.4) is 0 Å². The van der Waals surface area contributed by atoms with Gasteiger partial charge in [0.2, 0.25) is 0 Å². The average Bonchev–Trinajstić information content (AvgIpc) is 2.68. The van der Waals surface area contributed by atoms with Crippen molar-refractivity contribution >= 4 is 5.97 Å². The van der Waals surface area contributed by atoms with Gasteiger partial charge in [-0.15, -0.1) is 0 Å². The first-order valence-corrected chi connectivity index (χ1v) is 7.47. The Morgan fingerprint density at radius 2 is 1.72 bits per heavy atom. The standard InChI is InChI=1S/C15H25NO2/c1-2-18-15(17)13-9-5-6-10-14(13)16-11-7-3-4-8-12-16/h2-12H2,1H3. The van der Waals surface area contributed by atoms with E-state index in [2.05, 4.69) is 4.90 Å². The van der Waals surface area contributed by atoms with E-state index in [1.165, 1.54) is 37.8 Å². The van der Waals surface area contributed by atoms with Crippen LogP contribution in [0.25, 0.3) is 0 Å². The van der Waals surface area contributed by atoms with Crippen molar-refractivity contribution in [3.05, 3.63) is 11.3 Å². The van der Waals surface area contributed by atoms with Crippen LogP contribution >= 0.6 is 0 Å². The Morgan fingerprint density at radius 3 is 2.39 bits per heavy atom. The molecule has 0 saturated carbocycles. The van der Waals surface area contributed by atoms with Crippen molar-refractivity contribution in [1.82, 2.24) is 4.90 Å². The smallest absolute Gasteiger partial charge is 0.335 e. The molecule has 1 heterocycles. The summed E-state index contributed by atoms with van der Waals surface area (Å²) in [5.74, 6) is -0.0727. The zero-order valence-corrected chi connectivity index (χ0v) is 11.5. The highest BCUT2D eigenvalue weighted by Gasteiger charge is 2.24. The van der Waals surface area contributed by atoms with Gasteiger partial charge < -0.3 is 9.64 Å². The van der Waals surface area contributed by atoms with Gasteiger partial charge in [-0.05, 0) is 45.4 Å². The summed E-state index contributed by atoms with van der Waals surface area (Å²) in [7, 11) is 0. The molecule has 1 aliphatic heterocycles. The third-order valence-corrected chi connectivity index (χ3v) is 3.95. The van der Waals surface area contributed by atoms with Gasteiger partial charge in [0.15, 0.2) is 0 Å². The minimum Gasteiger partial charge on any atom is -0.463 e. The third kappa shape index (κ3) is 3.27. The van der Waals surface area contributed by atoms with Crippen molar-refractivity contribution in [3.8, 4) is 0 Å². The summed E-state index contributed by atoms with van der Waals surface area (Å²) < 4.78 is 5.21. The Balaban J connectivity index is 2.15. The third-order valence-electron chi connectivity index (χ3n) is 3.95. The molecule has 1 aliphatic carbocycles. The molecular weight excluding hydrogens is 226 g/mol. The molecule has 0 aromatic rings. The predicted molar refractivity (Wildman–Crippen MR) is 72.2 cm³/mol. The second-order valence-corrected chi connectivity index (χ2v) is 5.25. The molecule has 102 valence electrons. The molecule has 0 amide bonds. The van der Waals surface area contributed by atoms with Crippen molar-refractivity contribution in [3.63, 3.8) is 0 Å². The van der Waals surface area contributed by atoms with Crippen LogP contribution in [0.1, 0.15) is 58.3 Å². The van der Waals surface area contributed by atoms with Crippen LogP contribution in [0.15, 0.2) is 11.3 Å². The number of likely N-dealkylation sites (tertiary alicyclic amines) is 1. The highest BCUT2D eigenvalue weighted by Crippen LogP contribution is 2.29. The van der Waals surface area contributed by atoms with Crippen LogP contribution in [-0.4, -0.2) is 30.6 Å². The minimum absolute atomic E-state index is 0.0727. The molecule has 18 heavy (non-hydrogen) atoms. The van der Waals surface area contributed by atoms with Crippen molar-refractivity contribution < 1.29 is 9.53 Å². The van der Waals surface area contributed by atoms with E-state index in [9.17, 15) is 4.79 Å². The van der Waals surface area contributed by atoms with E-state index >= 15 is 0 Å². The van der Waals surface area contributed by atoms with Gasteiger partial charge in [-0.2, -0.15) is 0 Å². The van der Waals surface area contributed by atoms with E-state index in [1.807, 2.05) is 6.92 Å². The number of esters is 1. The van der Waals surface area contributed by atoms with Crippen molar-refractivity contribution in [1.29, 1.82) is 0 Å². The van der Waals surface area contributed by atoms with Crippen LogP contribution < -0.4 is 0 Å². The lowest BCUT2D eigenvalue weighted by Crippen LogP contribution is -2.29. The maximum Gasteiger partial charge on any atom is 0.335 e. The quantitative estimate of drug-likeness (QED) is 0.721. The molecule has 0 bridgehead atoms. The van der Waals surface area contributed by atoms with Gasteiger partial charge in [-0.1, -0.05) is 12.8 Å². The number of hydrogen-bond acceptors (Lipinski definition) is 3. The molecule has 3 nitrogen and oxygen atoms in total. The zero-order valence-electron chi connectivity index (χ0n) is 11.5. The lowest BCUT2D eigenvalue weighted by Gasteiger charge is -2.30. The monoisotopic (exact) mass is 251 g/mol. The first-order valence-electron chi connectivity index (χ1n) is 7.47. The van der Waals surface area contributed by atoms with Gasteiger partial charge >= 0.3 is 5.97 Å². The normalized spacial score (nSPS) is 21.7. The van der Waals surface area contributed by atoms with Crippen LogP contribution in [0.2, 0.25) is 0 Å². The van der Waals surface area contributed by atoms with E-state index in [0.29, 0.717) is 6.61 Å². The molecule has 0 aromatic heterocycles. The van der Waals surface area contributed by atoms with E-state index in [-0.39, 0.29) is 5.97 Å². The fraction of sp³-hybridized carbons (Fsp3) is 0.800. The fourth-order valence-electron chi connectivity index (χ4n) is 3.02. The van der Waals surface area contributed by atoms with Crippen molar-refractivity contribution in [2.45, 2.75) is 58.3 Å². The molecule has 0 atom stereocenters. The van der Waals surface area contributed by atoms with E-state index in [4.69, 9.17) is 4.74 Å². The molecule has 1 fully saturated rings. The number of allylic oxidation sites excluding steroid dienone is 1. The van der Waals surface area contributed by atoms with Crippen LogP contribution in [-0.2, 0) is 9.53 Å². The van der Waals surface area contributed by atoms with Gasteiger partial charge in [-0.25, -0.2) is 4.79 Å².